The molecule has 124 valence electrons. The van der Waals surface area contributed by atoms with Gasteiger partial charge in [0.25, 0.3) is 5.91 Å². The number of amides is 1. The van der Waals surface area contributed by atoms with E-state index in [9.17, 15) is 4.79 Å². The van der Waals surface area contributed by atoms with Crippen molar-refractivity contribution >= 4 is 28.9 Å². The van der Waals surface area contributed by atoms with Gasteiger partial charge in [0.2, 0.25) is 0 Å². The third-order valence-corrected chi connectivity index (χ3v) is 4.74. The predicted molar refractivity (Wildman–Crippen MR) is 102 cm³/mol. The van der Waals surface area contributed by atoms with Crippen molar-refractivity contribution in [1.29, 1.82) is 0 Å². The lowest BCUT2D eigenvalue weighted by molar-refractivity contribution is 0.0993. The molecule has 4 heteroatoms. The second-order valence-corrected chi connectivity index (χ2v) is 6.54. The van der Waals surface area contributed by atoms with Gasteiger partial charge >= 0.3 is 0 Å². The molecule has 25 heavy (non-hydrogen) atoms. The first kappa shape index (κ1) is 15.7. The van der Waals surface area contributed by atoms with E-state index >= 15 is 0 Å². The summed E-state index contributed by atoms with van der Waals surface area (Å²) in [5.74, 6) is 0.0105. The van der Waals surface area contributed by atoms with Gasteiger partial charge in [-0.15, -0.1) is 0 Å². The molecular weight excluding hydrogens is 332 g/mol. The summed E-state index contributed by atoms with van der Waals surface area (Å²) in [6, 6.07) is 23.2. The number of hydrogen-bond donors (Lipinski definition) is 1. The van der Waals surface area contributed by atoms with Crippen LogP contribution in [0.1, 0.15) is 27.7 Å². The SMILES string of the molecule is Cc1ccccc1N1C(=O)c2ccccc2[C@H]1Nc1ccc(Cl)cc1. The van der Waals surface area contributed by atoms with Crippen molar-refractivity contribution in [3.8, 4) is 0 Å². The van der Waals surface area contributed by atoms with Crippen molar-refractivity contribution in [1.82, 2.24) is 0 Å². The van der Waals surface area contributed by atoms with Crippen molar-refractivity contribution in [2.45, 2.75) is 13.1 Å². The second-order valence-electron chi connectivity index (χ2n) is 6.10. The van der Waals surface area contributed by atoms with Crippen LogP contribution in [-0.2, 0) is 0 Å². The van der Waals surface area contributed by atoms with Gasteiger partial charge in [0.1, 0.15) is 6.17 Å². The molecule has 0 radical (unpaired) electrons. The number of para-hydroxylation sites is 1. The van der Waals surface area contributed by atoms with E-state index in [0.29, 0.717) is 5.02 Å². The van der Waals surface area contributed by atoms with Gasteiger partial charge in [-0.25, -0.2) is 0 Å². The molecule has 0 aliphatic carbocycles. The third kappa shape index (κ3) is 2.77. The van der Waals surface area contributed by atoms with E-state index in [1.54, 1.807) is 0 Å². The van der Waals surface area contributed by atoms with Crippen molar-refractivity contribution < 1.29 is 4.79 Å². The summed E-state index contributed by atoms with van der Waals surface area (Å²) < 4.78 is 0. The van der Waals surface area contributed by atoms with E-state index < -0.39 is 0 Å². The van der Waals surface area contributed by atoms with Crippen LogP contribution in [0.25, 0.3) is 0 Å². The minimum Gasteiger partial charge on any atom is -0.361 e. The molecule has 0 fully saturated rings. The summed E-state index contributed by atoms with van der Waals surface area (Å²) in [6.45, 7) is 2.02. The average molecular weight is 349 g/mol. The number of carbonyl (C=O) groups is 1. The Labute approximate surface area is 151 Å². The smallest absolute Gasteiger partial charge is 0.260 e. The first-order valence-electron chi connectivity index (χ1n) is 8.15. The van der Waals surface area contributed by atoms with Crippen LogP contribution in [0.3, 0.4) is 0 Å². The molecule has 0 bridgehead atoms. The predicted octanol–water partition coefficient (Wildman–Crippen LogP) is 5.42. The Morgan fingerprint density at radius 2 is 1.60 bits per heavy atom. The number of nitrogens with one attached hydrogen (secondary N) is 1. The molecule has 3 aromatic rings. The van der Waals surface area contributed by atoms with E-state index in [-0.39, 0.29) is 12.1 Å². The quantitative estimate of drug-likeness (QED) is 0.685. The Hall–Kier alpha value is -2.78. The topological polar surface area (TPSA) is 32.3 Å². The van der Waals surface area contributed by atoms with Gasteiger partial charge in [0.15, 0.2) is 0 Å². The number of hydrogen-bond acceptors (Lipinski definition) is 2. The minimum absolute atomic E-state index is 0.0105. The molecule has 1 amide bonds. The van der Waals surface area contributed by atoms with Crippen LogP contribution in [0.15, 0.2) is 72.8 Å². The molecule has 3 aromatic carbocycles. The lowest BCUT2D eigenvalue weighted by Gasteiger charge is -2.28. The second kappa shape index (κ2) is 6.26. The molecule has 1 aliphatic heterocycles. The van der Waals surface area contributed by atoms with Gasteiger partial charge in [-0.05, 0) is 48.9 Å². The third-order valence-electron chi connectivity index (χ3n) is 4.49. The fourth-order valence-electron chi connectivity index (χ4n) is 3.24. The van der Waals surface area contributed by atoms with Gasteiger partial charge in [-0.1, -0.05) is 48.0 Å². The van der Waals surface area contributed by atoms with E-state index in [1.165, 1.54) is 0 Å². The molecule has 0 saturated heterocycles. The van der Waals surface area contributed by atoms with Crippen LogP contribution in [0, 0.1) is 6.92 Å². The summed E-state index contributed by atoms with van der Waals surface area (Å²) in [7, 11) is 0. The molecule has 1 atom stereocenters. The lowest BCUT2D eigenvalue weighted by atomic mass is 10.1. The Morgan fingerprint density at radius 1 is 0.920 bits per heavy atom. The fourth-order valence-corrected chi connectivity index (χ4v) is 3.37. The number of aryl methyl sites for hydroxylation is 1. The number of anilines is 2. The first-order chi connectivity index (χ1) is 12.1. The molecule has 0 aromatic heterocycles. The zero-order valence-corrected chi connectivity index (χ0v) is 14.5. The lowest BCUT2D eigenvalue weighted by Crippen LogP contribution is -2.32. The first-order valence-corrected chi connectivity index (χ1v) is 8.53. The van der Waals surface area contributed by atoms with Crippen molar-refractivity contribution in [3.63, 3.8) is 0 Å². The average Bonchev–Trinajstić information content (AvgIpc) is 2.90. The van der Waals surface area contributed by atoms with E-state index in [0.717, 1.165) is 28.1 Å². The number of benzene rings is 3. The molecule has 0 unspecified atom stereocenters. The molecule has 1 N–H and O–H groups in total. The molecule has 1 aliphatic rings. The largest absolute Gasteiger partial charge is 0.361 e. The molecule has 3 nitrogen and oxygen atoms in total. The van der Waals surface area contributed by atoms with Crippen molar-refractivity contribution in [3.05, 3.63) is 94.5 Å². The van der Waals surface area contributed by atoms with E-state index in [4.69, 9.17) is 11.6 Å². The Kier molecular flexibility index (Phi) is 3.94. The number of halogens is 1. The van der Waals surface area contributed by atoms with Crippen LogP contribution in [0.5, 0.6) is 0 Å². The van der Waals surface area contributed by atoms with Gasteiger partial charge < -0.3 is 5.32 Å². The normalized spacial score (nSPS) is 16.0. The highest BCUT2D eigenvalue weighted by Gasteiger charge is 2.38. The highest BCUT2D eigenvalue weighted by molar-refractivity contribution is 6.30. The molecule has 0 spiro atoms. The van der Waals surface area contributed by atoms with Crippen LogP contribution < -0.4 is 10.2 Å². The van der Waals surface area contributed by atoms with Crippen LogP contribution in [0.2, 0.25) is 5.02 Å². The molecule has 0 saturated carbocycles. The zero-order valence-electron chi connectivity index (χ0n) is 13.7. The van der Waals surface area contributed by atoms with Gasteiger partial charge in [0.05, 0.1) is 0 Å². The Bertz CT molecular complexity index is 937. The molecule has 4 rings (SSSR count). The van der Waals surface area contributed by atoms with Crippen molar-refractivity contribution in [2.75, 3.05) is 10.2 Å². The highest BCUT2D eigenvalue weighted by atomic mass is 35.5. The monoisotopic (exact) mass is 348 g/mol. The summed E-state index contributed by atoms with van der Waals surface area (Å²) in [4.78, 5) is 14.9. The number of nitrogens with zero attached hydrogens (tertiary/aromatic N) is 1. The molecule has 1 heterocycles. The summed E-state index contributed by atoms with van der Waals surface area (Å²) >= 11 is 5.99. The zero-order chi connectivity index (χ0) is 17.4. The summed E-state index contributed by atoms with van der Waals surface area (Å²) in [6.07, 6.45) is -0.258. The van der Waals surface area contributed by atoms with Crippen molar-refractivity contribution in [2.24, 2.45) is 0 Å². The number of fused-ring (bicyclic) bond motifs is 1. The van der Waals surface area contributed by atoms with E-state index in [2.05, 4.69) is 5.32 Å². The molecular formula is C21H17ClN2O. The van der Waals surface area contributed by atoms with Crippen LogP contribution >= 0.6 is 11.6 Å². The maximum absolute atomic E-state index is 13.1. The van der Waals surface area contributed by atoms with E-state index in [1.807, 2.05) is 84.6 Å². The maximum Gasteiger partial charge on any atom is 0.260 e. The van der Waals surface area contributed by atoms with Crippen LogP contribution in [0.4, 0.5) is 11.4 Å². The number of carbonyl (C=O) groups excluding carboxylic acids is 1. The van der Waals surface area contributed by atoms with Gasteiger partial charge in [0, 0.05) is 27.5 Å². The minimum atomic E-state index is -0.258. The highest BCUT2D eigenvalue weighted by Crippen LogP contribution is 2.39. The summed E-state index contributed by atoms with van der Waals surface area (Å²) in [5.41, 5.74) is 4.60. The number of rotatable bonds is 3. The Morgan fingerprint density at radius 3 is 2.36 bits per heavy atom. The standard InChI is InChI=1S/C21H17ClN2O/c1-14-6-2-5-9-19(14)24-20(23-16-12-10-15(22)11-13-16)17-7-3-4-8-18(17)21(24)25/h2-13,20,23H,1H3/t20-/m0/s1. The Balaban J connectivity index is 1.80. The fraction of sp³-hybridized carbons (Fsp3) is 0.0952. The van der Waals surface area contributed by atoms with Gasteiger partial charge in [-0.2, -0.15) is 0 Å². The maximum atomic E-state index is 13.1. The van der Waals surface area contributed by atoms with Gasteiger partial charge in [-0.3, -0.25) is 9.69 Å². The van der Waals surface area contributed by atoms with Crippen LogP contribution in [-0.4, -0.2) is 5.91 Å². The summed E-state index contributed by atoms with van der Waals surface area (Å²) in [5, 5.41) is 4.16.